The van der Waals surface area contributed by atoms with Crippen LogP contribution >= 0.6 is 0 Å². The van der Waals surface area contributed by atoms with Gasteiger partial charge in [-0.1, -0.05) is 6.07 Å². The van der Waals surface area contributed by atoms with E-state index in [1.807, 2.05) is 12.1 Å². The molecule has 0 aromatic heterocycles. The summed E-state index contributed by atoms with van der Waals surface area (Å²) in [5.74, 6) is 0. The van der Waals surface area contributed by atoms with Crippen LogP contribution in [-0.2, 0) is 12.8 Å². The molecular formula is C11H10N. The average molecular weight is 156 g/mol. The quantitative estimate of drug-likeness (QED) is 0.565. The molecule has 1 heteroatoms. The molecule has 1 aliphatic carbocycles. The third-order valence-corrected chi connectivity index (χ3v) is 2.32. The van der Waals surface area contributed by atoms with Gasteiger partial charge in [-0.25, -0.2) is 0 Å². The average Bonchev–Trinajstić information content (AvgIpc) is 2.17. The van der Waals surface area contributed by atoms with E-state index in [0.717, 1.165) is 24.8 Å². The smallest absolute Gasteiger partial charge is 0.0991 e. The topological polar surface area (TPSA) is 23.8 Å². The van der Waals surface area contributed by atoms with Crippen molar-refractivity contribution < 1.29 is 0 Å². The molecule has 59 valence electrons. The largest absolute Gasteiger partial charge is 0.192 e. The number of rotatable bonds is 0. The Morgan fingerprint density at radius 3 is 3.00 bits per heavy atom. The number of nitriles is 1. The minimum absolute atomic E-state index is 0.788. The summed E-state index contributed by atoms with van der Waals surface area (Å²) >= 11 is 0. The third-order valence-electron chi connectivity index (χ3n) is 2.32. The molecule has 1 aliphatic rings. The van der Waals surface area contributed by atoms with Crippen molar-refractivity contribution in [2.24, 2.45) is 0 Å². The molecule has 1 nitrogen and oxygen atoms in total. The minimum Gasteiger partial charge on any atom is -0.192 e. The molecule has 1 radical (unpaired) electrons. The molecule has 0 saturated heterocycles. The summed E-state index contributed by atoms with van der Waals surface area (Å²) in [7, 11) is 0. The van der Waals surface area contributed by atoms with Gasteiger partial charge in [-0.2, -0.15) is 5.26 Å². The maximum absolute atomic E-state index is 8.68. The lowest BCUT2D eigenvalue weighted by Crippen LogP contribution is -2.02. The maximum atomic E-state index is 8.68. The Morgan fingerprint density at radius 1 is 1.25 bits per heavy atom. The molecule has 0 saturated carbocycles. The number of hydrogen-bond donors (Lipinski definition) is 0. The van der Waals surface area contributed by atoms with Crippen LogP contribution in [0.4, 0.5) is 0 Å². The van der Waals surface area contributed by atoms with Crippen LogP contribution < -0.4 is 0 Å². The molecule has 0 N–H and O–H groups in total. The zero-order chi connectivity index (χ0) is 8.39. The van der Waals surface area contributed by atoms with Crippen LogP contribution in [0, 0.1) is 17.8 Å². The minimum atomic E-state index is 0.788. The Bertz CT molecular complexity index is 333. The van der Waals surface area contributed by atoms with Crippen molar-refractivity contribution in [1.82, 2.24) is 0 Å². The van der Waals surface area contributed by atoms with Gasteiger partial charge in [0.05, 0.1) is 11.6 Å². The summed E-state index contributed by atoms with van der Waals surface area (Å²) in [6.45, 7) is 0. The monoisotopic (exact) mass is 156 g/mol. The van der Waals surface area contributed by atoms with E-state index in [1.54, 1.807) is 0 Å². The van der Waals surface area contributed by atoms with Gasteiger partial charge in [0.25, 0.3) is 0 Å². The second-order valence-electron chi connectivity index (χ2n) is 3.13. The standard InChI is InChI=1S/C11H10N/c12-8-9-5-6-10-3-1-2-4-11(10)7-9/h1,5-7H,2-4H2. The zero-order valence-electron chi connectivity index (χ0n) is 6.88. The lowest BCUT2D eigenvalue weighted by Gasteiger charge is -2.14. The van der Waals surface area contributed by atoms with E-state index in [0.29, 0.717) is 0 Å². The van der Waals surface area contributed by atoms with Crippen molar-refractivity contribution in [2.45, 2.75) is 19.3 Å². The van der Waals surface area contributed by atoms with E-state index < -0.39 is 0 Å². The summed E-state index contributed by atoms with van der Waals surface area (Å²) < 4.78 is 0. The molecule has 1 aromatic rings. The summed E-state index contributed by atoms with van der Waals surface area (Å²) in [5, 5.41) is 8.68. The first kappa shape index (κ1) is 7.36. The summed E-state index contributed by atoms with van der Waals surface area (Å²) in [5.41, 5.74) is 3.53. The lowest BCUT2D eigenvalue weighted by molar-refractivity contribution is 0.829. The first-order chi connectivity index (χ1) is 5.90. The zero-order valence-corrected chi connectivity index (χ0v) is 6.88. The summed E-state index contributed by atoms with van der Waals surface area (Å²) in [4.78, 5) is 0. The van der Waals surface area contributed by atoms with Gasteiger partial charge in [0.1, 0.15) is 0 Å². The van der Waals surface area contributed by atoms with Gasteiger partial charge in [-0.05, 0) is 48.9 Å². The van der Waals surface area contributed by atoms with Crippen molar-refractivity contribution >= 4 is 0 Å². The number of nitrogens with zero attached hydrogens (tertiary/aromatic N) is 1. The van der Waals surface area contributed by atoms with E-state index in [1.165, 1.54) is 11.1 Å². The van der Waals surface area contributed by atoms with Crippen molar-refractivity contribution in [3.8, 4) is 6.07 Å². The van der Waals surface area contributed by atoms with E-state index in [9.17, 15) is 0 Å². The fraction of sp³-hybridized carbons (Fsp3) is 0.273. The fourth-order valence-electron chi connectivity index (χ4n) is 1.64. The van der Waals surface area contributed by atoms with Gasteiger partial charge < -0.3 is 0 Å². The van der Waals surface area contributed by atoms with Crippen LogP contribution in [-0.4, -0.2) is 0 Å². The highest BCUT2D eigenvalue weighted by Crippen LogP contribution is 2.21. The highest BCUT2D eigenvalue weighted by molar-refractivity contribution is 5.40. The van der Waals surface area contributed by atoms with Crippen molar-refractivity contribution in [3.05, 3.63) is 41.3 Å². The highest BCUT2D eigenvalue weighted by Gasteiger charge is 2.08. The molecule has 0 bridgehead atoms. The first-order valence-electron chi connectivity index (χ1n) is 4.24. The molecule has 2 rings (SSSR count). The Kier molecular flexibility index (Phi) is 1.83. The van der Waals surface area contributed by atoms with Gasteiger partial charge in [0.2, 0.25) is 0 Å². The Hall–Kier alpha value is -1.29. The molecule has 0 heterocycles. The molecule has 0 spiro atoms. The van der Waals surface area contributed by atoms with Crippen LogP contribution in [0.3, 0.4) is 0 Å². The molecular weight excluding hydrogens is 146 g/mol. The molecule has 0 fully saturated rings. The van der Waals surface area contributed by atoms with E-state index >= 15 is 0 Å². The van der Waals surface area contributed by atoms with Gasteiger partial charge in [0.15, 0.2) is 0 Å². The lowest BCUT2D eigenvalue weighted by atomic mass is 9.91. The SMILES string of the molecule is N#Cc1ccc2c(c1)CC[CH]C2. The molecule has 12 heavy (non-hydrogen) atoms. The molecule has 0 atom stereocenters. The van der Waals surface area contributed by atoms with E-state index in [-0.39, 0.29) is 0 Å². The van der Waals surface area contributed by atoms with Crippen LogP contribution in [0.15, 0.2) is 18.2 Å². The Labute approximate surface area is 72.6 Å². The highest BCUT2D eigenvalue weighted by atomic mass is 14.2. The number of hydrogen-bond acceptors (Lipinski definition) is 1. The second-order valence-corrected chi connectivity index (χ2v) is 3.13. The predicted molar refractivity (Wildman–Crippen MR) is 47.5 cm³/mol. The van der Waals surface area contributed by atoms with Gasteiger partial charge >= 0.3 is 0 Å². The summed E-state index contributed by atoms with van der Waals surface area (Å²) in [6.07, 6.45) is 5.63. The number of aryl methyl sites for hydroxylation is 1. The predicted octanol–water partition coefficient (Wildman–Crippen LogP) is 2.25. The van der Waals surface area contributed by atoms with Gasteiger partial charge in [-0.15, -0.1) is 0 Å². The van der Waals surface area contributed by atoms with E-state index in [4.69, 9.17) is 5.26 Å². The maximum Gasteiger partial charge on any atom is 0.0991 e. The molecule has 1 aromatic carbocycles. The number of benzene rings is 1. The molecule has 0 aliphatic heterocycles. The fourth-order valence-corrected chi connectivity index (χ4v) is 1.64. The van der Waals surface area contributed by atoms with Crippen LogP contribution in [0.2, 0.25) is 0 Å². The molecule has 0 amide bonds. The third kappa shape index (κ3) is 1.21. The van der Waals surface area contributed by atoms with Crippen LogP contribution in [0.5, 0.6) is 0 Å². The Morgan fingerprint density at radius 2 is 2.17 bits per heavy atom. The van der Waals surface area contributed by atoms with Gasteiger partial charge in [-0.3, -0.25) is 0 Å². The van der Waals surface area contributed by atoms with E-state index in [2.05, 4.69) is 18.6 Å². The van der Waals surface area contributed by atoms with Crippen LogP contribution in [0.1, 0.15) is 23.1 Å². The van der Waals surface area contributed by atoms with Crippen molar-refractivity contribution in [1.29, 1.82) is 5.26 Å². The Balaban J connectivity index is 2.44. The first-order valence-corrected chi connectivity index (χ1v) is 4.24. The van der Waals surface area contributed by atoms with Crippen molar-refractivity contribution in [3.63, 3.8) is 0 Å². The summed E-state index contributed by atoms with van der Waals surface area (Å²) in [6, 6.07) is 8.16. The second kappa shape index (κ2) is 2.98. The number of fused-ring (bicyclic) bond motifs is 1. The van der Waals surface area contributed by atoms with Crippen molar-refractivity contribution in [2.75, 3.05) is 0 Å². The molecule has 0 unspecified atom stereocenters. The normalized spacial score (nSPS) is 14.9. The van der Waals surface area contributed by atoms with Crippen LogP contribution in [0.25, 0.3) is 0 Å². The van der Waals surface area contributed by atoms with Gasteiger partial charge in [0, 0.05) is 0 Å².